The molecule has 0 aliphatic rings. The van der Waals surface area contributed by atoms with Gasteiger partial charge >= 0.3 is 0 Å². The van der Waals surface area contributed by atoms with Crippen LogP contribution in [0.2, 0.25) is 0 Å². The molecule has 0 fully saturated rings. The van der Waals surface area contributed by atoms with E-state index in [1.807, 2.05) is 67.6 Å². The largest absolute Gasteiger partial charge is 0.354 e. The van der Waals surface area contributed by atoms with Crippen molar-refractivity contribution < 1.29 is 14.0 Å². The molecule has 2 amide bonds. The molecule has 1 N–H and O–H groups in total. The molecule has 0 aromatic heterocycles. The number of nitrogens with zero attached hydrogens (tertiary/aromatic N) is 1. The fraction of sp³-hybridized carbons (Fsp3) is 0.259. The van der Waals surface area contributed by atoms with Gasteiger partial charge in [-0.05, 0) is 30.2 Å². The van der Waals surface area contributed by atoms with Crippen LogP contribution in [0.4, 0.5) is 4.39 Å². The average Bonchev–Trinajstić information content (AvgIpc) is 2.85. The van der Waals surface area contributed by atoms with E-state index >= 15 is 0 Å². The lowest BCUT2D eigenvalue weighted by molar-refractivity contribution is -0.139. The van der Waals surface area contributed by atoms with E-state index in [9.17, 15) is 14.0 Å². The predicted molar refractivity (Wildman–Crippen MR) is 131 cm³/mol. The van der Waals surface area contributed by atoms with Crippen LogP contribution in [0.15, 0.2) is 89.8 Å². The predicted octanol–water partition coefficient (Wildman–Crippen LogP) is 5.08. The summed E-state index contributed by atoms with van der Waals surface area (Å²) < 4.78 is 14.5. The molecule has 3 aromatic rings. The van der Waals surface area contributed by atoms with E-state index in [0.29, 0.717) is 18.5 Å². The van der Waals surface area contributed by atoms with Gasteiger partial charge in [0.2, 0.25) is 11.8 Å². The van der Waals surface area contributed by atoms with Gasteiger partial charge in [-0.1, -0.05) is 73.7 Å². The molecule has 172 valence electrons. The minimum atomic E-state index is -0.748. The molecule has 1 atom stereocenters. The van der Waals surface area contributed by atoms with Gasteiger partial charge in [0, 0.05) is 30.0 Å². The summed E-state index contributed by atoms with van der Waals surface area (Å²) >= 11 is 1.41. The molecule has 4 nitrogen and oxygen atoms in total. The van der Waals surface area contributed by atoms with Crippen molar-refractivity contribution in [1.29, 1.82) is 0 Å². The van der Waals surface area contributed by atoms with Gasteiger partial charge in [-0.2, -0.15) is 0 Å². The van der Waals surface area contributed by atoms with Crippen molar-refractivity contribution in [1.82, 2.24) is 10.2 Å². The number of rotatable bonds is 11. The molecular weight excluding hydrogens is 435 g/mol. The molecule has 33 heavy (non-hydrogen) atoms. The van der Waals surface area contributed by atoms with Crippen molar-refractivity contribution >= 4 is 23.6 Å². The van der Waals surface area contributed by atoms with Crippen LogP contribution >= 0.6 is 11.8 Å². The number of hydrogen-bond acceptors (Lipinski definition) is 3. The zero-order valence-electron chi connectivity index (χ0n) is 18.7. The van der Waals surface area contributed by atoms with Gasteiger partial charge in [0.25, 0.3) is 0 Å². The van der Waals surface area contributed by atoms with Crippen LogP contribution < -0.4 is 5.32 Å². The van der Waals surface area contributed by atoms with Crippen LogP contribution in [0.25, 0.3) is 0 Å². The Kier molecular flexibility index (Phi) is 9.51. The summed E-state index contributed by atoms with van der Waals surface area (Å²) in [7, 11) is 0. The summed E-state index contributed by atoms with van der Waals surface area (Å²) in [5, 5.41) is 2.93. The van der Waals surface area contributed by atoms with Crippen molar-refractivity contribution in [2.75, 3.05) is 12.3 Å². The lowest BCUT2D eigenvalue weighted by atomic mass is 10.0. The Morgan fingerprint density at radius 2 is 1.58 bits per heavy atom. The molecule has 3 rings (SSSR count). The highest BCUT2D eigenvalue weighted by atomic mass is 32.2. The number of halogens is 1. The Bertz CT molecular complexity index is 1030. The van der Waals surface area contributed by atoms with E-state index in [1.54, 1.807) is 18.2 Å². The highest BCUT2D eigenvalue weighted by Gasteiger charge is 2.30. The average molecular weight is 465 g/mol. The Morgan fingerprint density at radius 3 is 2.24 bits per heavy atom. The molecule has 0 radical (unpaired) electrons. The van der Waals surface area contributed by atoms with E-state index in [2.05, 4.69) is 5.32 Å². The van der Waals surface area contributed by atoms with E-state index < -0.39 is 11.9 Å². The summed E-state index contributed by atoms with van der Waals surface area (Å²) in [6, 6.07) is 24.9. The number of carbonyl (C=O) groups is 2. The molecule has 3 aromatic carbocycles. The second-order valence-corrected chi connectivity index (χ2v) is 8.76. The van der Waals surface area contributed by atoms with Gasteiger partial charge in [0.05, 0.1) is 5.75 Å². The third kappa shape index (κ3) is 7.46. The maximum Gasteiger partial charge on any atom is 0.243 e. The third-order valence-corrected chi connectivity index (χ3v) is 6.22. The quantitative estimate of drug-likeness (QED) is 0.403. The standard InChI is InChI=1S/C27H29FN2O2S/c1-2-17-29-27(32)25(18-21-11-5-3-6-12-21)30(19-22-13-9-10-16-24(22)28)26(31)20-33-23-14-7-4-8-15-23/h3-16,25H,2,17-20H2,1H3,(H,29,32)/t25-/m1/s1. The summed E-state index contributed by atoms with van der Waals surface area (Å²) in [5.41, 5.74) is 1.33. The molecule has 0 saturated carbocycles. The van der Waals surface area contributed by atoms with Crippen molar-refractivity contribution in [3.05, 3.63) is 102 Å². The number of thioether (sulfide) groups is 1. The van der Waals surface area contributed by atoms with Gasteiger partial charge in [-0.3, -0.25) is 9.59 Å². The highest BCUT2D eigenvalue weighted by molar-refractivity contribution is 8.00. The summed E-state index contributed by atoms with van der Waals surface area (Å²) in [6.45, 7) is 2.52. The Morgan fingerprint density at radius 1 is 0.939 bits per heavy atom. The first kappa shape index (κ1) is 24.5. The molecule has 0 saturated heterocycles. The zero-order chi connectivity index (χ0) is 23.5. The van der Waals surface area contributed by atoms with Gasteiger partial charge in [0.1, 0.15) is 11.9 Å². The Balaban J connectivity index is 1.89. The van der Waals surface area contributed by atoms with Crippen LogP contribution in [-0.2, 0) is 22.6 Å². The molecule has 6 heteroatoms. The fourth-order valence-corrected chi connectivity index (χ4v) is 4.28. The van der Waals surface area contributed by atoms with Crippen LogP contribution in [0.3, 0.4) is 0 Å². The first-order chi connectivity index (χ1) is 16.1. The second-order valence-electron chi connectivity index (χ2n) is 7.71. The Labute approximate surface area is 199 Å². The molecule has 0 heterocycles. The van der Waals surface area contributed by atoms with Crippen LogP contribution in [0, 0.1) is 5.82 Å². The summed E-state index contributed by atoms with van der Waals surface area (Å²) in [5.74, 6) is -0.668. The molecule has 0 aliphatic heterocycles. The maximum absolute atomic E-state index is 14.5. The molecule has 0 bridgehead atoms. The molecule has 0 aliphatic carbocycles. The smallest absolute Gasteiger partial charge is 0.243 e. The van der Waals surface area contributed by atoms with Gasteiger partial charge in [-0.25, -0.2) is 4.39 Å². The fourth-order valence-electron chi connectivity index (χ4n) is 3.47. The van der Waals surface area contributed by atoms with Crippen molar-refractivity contribution in [2.45, 2.75) is 37.2 Å². The lowest BCUT2D eigenvalue weighted by Crippen LogP contribution is -2.51. The number of amides is 2. The van der Waals surface area contributed by atoms with Crippen LogP contribution in [0.5, 0.6) is 0 Å². The monoisotopic (exact) mass is 464 g/mol. The maximum atomic E-state index is 14.5. The van der Waals surface area contributed by atoms with Crippen molar-refractivity contribution in [3.8, 4) is 0 Å². The topological polar surface area (TPSA) is 49.4 Å². The second kappa shape index (κ2) is 12.8. The third-order valence-electron chi connectivity index (χ3n) is 5.22. The first-order valence-electron chi connectivity index (χ1n) is 11.1. The van der Waals surface area contributed by atoms with Crippen molar-refractivity contribution in [3.63, 3.8) is 0 Å². The van der Waals surface area contributed by atoms with Crippen LogP contribution in [0.1, 0.15) is 24.5 Å². The highest BCUT2D eigenvalue weighted by Crippen LogP contribution is 2.21. The van der Waals surface area contributed by atoms with E-state index in [0.717, 1.165) is 16.9 Å². The minimum absolute atomic E-state index is 0.0257. The van der Waals surface area contributed by atoms with E-state index in [-0.39, 0.29) is 24.1 Å². The van der Waals surface area contributed by atoms with Crippen molar-refractivity contribution in [2.24, 2.45) is 0 Å². The minimum Gasteiger partial charge on any atom is -0.354 e. The van der Waals surface area contributed by atoms with Crippen LogP contribution in [-0.4, -0.2) is 35.1 Å². The number of benzene rings is 3. The SMILES string of the molecule is CCCNC(=O)[C@@H](Cc1ccccc1)N(Cc1ccccc1F)C(=O)CSc1ccccc1. The molecule has 0 unspecified atom stereocenters. The number of nitrogens with one attached hydrogen (secondary N) is 1. The molecular formula is C27H29FN2O2S. The first-order valence-corrected chi connectivity index (χ1v) is 12.1. The normalized spacial score (nSPS) is 11.6. The number of carbonyl (C=O) groups excluding carboxylic acids is 2. The molecule has 0 spiro atoms. The van der Waals surface area contributed by atoms with E-state index in [4.69, 9.17) is 0 Å². The Hall–Kier alpha value is -3.12. The zero-order valence-corrected chi connectivity index (χ0v) is 19.6. The van der Waals surface area contributed by atoms with Gasteiger partial charge in [0.15, 0.2) is 0 Å². The lowest BCUT2D eigenvalue weighted by Gasteiger charge is -2.31. The summed E-state index contributed by atoms with van der Waals surface area (Å²) in [6.07, 6.45) is 1.14. The number of hydrogen-bond donors (Lipinski definition) is 1. The van der Waals surface area contributed by atoms with Gasteiger partial charge < -0.3 is 10.2 Å². The van der Waals surface area contributed by atoms with E-state index in [1.165, 1.54) is 22.7 Å². The summed E-state index contributed by atoms with van der Waals surface area (Å²) in [4.78, 5) is 29.1. The van der Waals surface area contributed by atoms with Gasteiger partial charge in [-0.15, -0.1) is 11.8 Å².